The lowest BCUT2D eigenvalue weighted by Gasteiger charge is -1.99. The van der Waals surface area contributed by atoms with E-state index >= 15 is 0 Å². The van der Waals surface area contributed by atoms with Gasteiger partial charge < -0.3 is 9.79 Å². The quantitative estimate of drug-likeness (QED) is 0.461. The van der Waals surface area contributed by atoms with E-state index in [1.54, 1.807) is 0 Å². The van der Waals surface area contributed by atoms with E-state index in [0.29, 0.717) is 0 Å². The summed E-state index contributed by atoms with van der Waals surface area (Å²) in [5.41, 5.74) is 0. The van der Waals surface area contributed by atoms with Gasteiger partial charge in [-0.1, -0.05) is 0 Å². The molecule has 4 nitrogen and oxygen atoms in total. The molecule has 0 fully saturated rings. The average molecular weight is 160 g/mol. The van der Waals surface area contributed by atoms with Gasteiger partial charge in [0.1, 0.15) is 0 Å². The first-order valence-electron chi connectivity index (χ1n) is 1.82. The van der Waals surface area contributed by atoms with E-state index in [-0.39, 0.29) is 12.5 Å². The molecule has 0 saturated carbocycles. The lowest BCUT2D eigenvalue weighted by atomic mass is 10.9. The molecule has 2 N–H and O–H groups in total. The lowest BCUT2D eigenvalue weighted by Crippen LogP contribution is -1.91. The van der Waals surface area contributed by atoms with Crippen molar-refractivity contribution >= 4 is 19.4 Å². The zero-order valence-corrected chi connectivity index (χ0v) is 5.60. The second-order valence-corrected chi connectivity index (χ2v) is 2.63. The zero-order chi connectivity index (χ0) is 6.62. The maximum Gasteiger partial charge on any atom is 0.469 e. The summed E-state index contributed by atoms with van der Waals surface area (Å²) in [6.07, 6.45) is 0. The zero-order valence-electron chi connectivity index (χ0n) is 3.95. The van der Waals surface area contributed by atoms with E-state index in [1.165, 1.54) is 0 Å². The molecule has 0 aromatic carbocycles. The molecule has 0 aliphatic carbocycles. The molecular formula is C2H6ClO4P. The van der Waals surface area contributed by atoms with Crippen molar-refractivity contribution in [1.82, 2.24) is 0 Å². The van der Waals surface area contributed by atoms with Crippen LogP contribution in [0.3, 0.4) is 0 Å². The van der Waals surface area contributed by atoms with Crippen LogP contribution in [0.5, 0.6) is 0 Å². The van der Waals surface area contributed by atoms with Crippen LogP contribution in [0.2, 0.25) is 0 Å². The molecule has 50 valence electrons. The fourth-order valence-electron chi connectivity index (χ4n) is 0.153. The number of phosphoric acid groups is 1. The van der Waals surface area contributed by atoms with Crippen molar-refractivity contribution in [1.29, 1.82) is 0 Å². The Hall–Kier alpha value is 0.400. The largest absolute Gasteiger partial charge is 0.469 e. The summed E-state index contributed by atoms with van der Waals surface area (Å²) in [4.78, 5) is 16.0. The Labute approximate surface area is 51.7 Å². The highest BCUT2D eigenvalue weighted by Crippen LogP contribution is 2.35. The molecular weight excluding hydrogens is 154 g/mol. The van der Waals surface area contributed by atoms with Crippen LogP contribution in [0, 0.1) is 0 Å². The number of phosphoric ester groups is 1. The van der Waals surface area contributed by atoms with Crippen LogP contribution >= 0.6 is 19.4 Å². The Kier molecular flexibility index (Phi) is 3.60. The summed E-state index contributed by atoms with van der Waals surface area (Å²) < 4.78 is 13.7. The molecule has 8 heavy (non-hydrogen) atoms. The first-order chi connectivity index (χ1) is 3.56. The first-order valence-corrected chi connectivity index (χ1v) is 3.89. The van der Waals surface area contributed by atoms with Crippen molar-refractivity contribution in [3.8, 4) is 0 Å². The van der Waals surface area contributed by atoms with E-state index in [0.717, 1.165) is 0 Å². The van der Waals surface area contributed by atoms with E-state index in [1.807, 2.05) is 0 Å². The van der Waals surface area contributed by atoms with E-state index in [9.17, 15) is 4.57 Å². The normalized spacial score (nSPS) is 11.9. The van der Waals surface area contributed by atoms with E-state index in [4.69, 9.17) is 21.4 Å². The monoisotopic (exact) mass is 160 g/mol. The standard InChI is InChI=1S/C2H6ClO4P/c3-1-2-7-8(4,5)6/h1-2H2,(H2,4,5,6). The highest BCUT2D eigenvalue weighted by atomic mass is 35.5. The maximum absolute atomic E-state index is 9.80. The predicted molar refractivity (Wildman–Crippen MR) is 28.7 cm³/mol. The molecule has 6 heteroatoms. The third-order valence-corrected chi connectivity index (χ3v) is 1.01. The SMILES string of the molecule is O=P(O)(O)OCCCl. The Morgan fingerprint density at radius 2 is 2.12 bits per heavy atom. The summed E-state index contributed by atoms with van der Waals surface area (Å²) in [6.45, 7) is -0.119. The van der Waals surface area contributed by atoms with Gasteiger partial charge in [-0.25, -0.2) is 4.57 Å². The molecule has 0 radical (unpaired) electrons. The summed E-state index contributed by atoms with van der Waals surface area (Å²) in [7, 11) is -4.27. The van der Waals surface area contributed by atoms with Crippen LogP contribution in [0.15, 0.2) is 0 Å². The smallest absolute Gasteiger partial charge is 0.303 e. The van der Waals surface area contributed by atoms with Crippen molar-refractivity contribution in [2.24, 2.45) is 0 Å². The van der Waals surface area contributed by atoms with Gasteiger partial charge in [-0.3, -0.25) is 4.52 Å². The Morgan fingerprint density at radius 1 is 1.62 bits per heavy atom. The van der Waals surface area contributed by atoms with Crippen molar-refractivity contribution < 1.29 is 18.9 Å². The van der Waals surface area contributed by atoms with Crippen LogP contribution in [0.1, 0.15) is 0 Å². The van der Waals surface area contributed by atoms with Gasteiger partial charge in [0.05, 0.1) is 6.61 Å². The molecule has 0 aromatic heterocycles. The Bertz CT molecular complexity index is 98.2. The average Bonchev–Trinajstić information content (AvgIpc) is 1.59. The Balaban J connectivity index is 3.26. The lowest BCUT2D eigenvalue weighted by molar-refractivity contribution is 0.207. The van der Waals surface area contributed by atoms with Crippen LogP contribution in [-0.2, 0) is 9.09 Å². The second-order valence-electron chi connectivity index (χ2n) is 1.01. The highest BCUT2D eigenvalue weighted by Gasteiger charge is 2.11. The summed E-state index contributed by atoms with van der Waals surface area (Å²) in [5, 5.41) is 0. The van der Waals surface area contributed by atoms with Gasteiger partial charge in [-0.05, 0) is 0 Å². The number of hydrogen-bond acceptors (Lipinski definition) is 2. The minimum Gasteiger partial charge on any atom is -0.303 e. The van der Waals surface area contributed by atoms with E-state index in [2.05, 4.69) is 4.52 Å². The minimum atomic E-state index is -4.27. The van der Waals surface area contributed by atoms with Crippen LogP contribution in [0.25, 0.3) is 0 Å². The van der Waals surface area contributed by atoms with Crippen molar-refractivity contribution in [3.63, 3.8) is 0 Å². The summed E-state index contributed by atoms with van der Waals surface area (Å²) in [6, 6.07) is 0. The molecule has 0 saturated heterocycles. The first kappa shape index (κ1) is 8.40. The molecule has 0 amide bonds. The molecule has 0 aliphatic heterocycles. The third-order valence-electron chi connectivity index (χ3n) is 0.337. The fourth-order valence-corrected chi connectivity index (χ4v) is 0.667. The van der Waals surface area contributed by atoms with Crippen molar-refractivity contribution in [3.05, 3.63) is 0 Å². The number of hydrogen-bond donors (Lipinski definition) is 2. The Morgan fingerprint density at radius 3 is 2.25 bits per heavy atom. The van der Waals surface area contributed by atoms with Gasteiger partial charge in [0.15, 0.2) is 0 Å². The van der Waals surface area contributed by atoms with Crippen LogP contribution in [-0.4, -0.2) is 22.3 Å². The molecule has 0 atom stereocenters. The van der Waals surface area contributed by atoms with Crippen LogP contribution < -0.4 is 0 Å². The number of rotatable bonds is 3. The van der Waals surface area contributed by atoms with E-state index < -0.39 is 7.82 Å². The van der Waals surface area contributed by atoms with Gasteiger partial charge in [0.2, 0.25) is 0 Å². The maximum atomic E-state index is 9.80. The second kappa shape index (κ2) is 3.43. The molecule has 0 rings (SSSR count). The third kappa shape index (κ3) is 6.40. The topological polar surface area (TPSA) is 66.8 Å². The summed E-state index contributed by atoms with van der Waals surface area (Å²) >= 11 is 5.04. The molecule has 0 unspecified atom stereocenters. The number of halogens is 1. The molecule has 0 aliphatic rings. The molecule has 0 spiro atoms. The van der Waals surface area contributed by atoms with Gasteiger partial charge >= 0.3 is 7.82 Å². The minimum absolute atomic E-state index is 0.0884. The van der Waals surface area contributed by atoms with Gasteiger partial charge in [-0.15, -0.1) is 11.6 Å². The fraction of sp³-hybridized carbons (Fsp3) is 1.00. The van der Waals surface area contributed by atoms with Gasteiger partial charge in [0, 0.05) is 5.88 Å². The van der Waals surface area contributed by atoms with Gasteiger partial charge in [-0.2, -0.15) is 0 Å². The van der Waals surface area contributed by atoms with Crippen LogP contribution in [0.4, 0.5) is 0 Å². The molecule has 0 heterocycles. The van der Waals surface area contributed by atoms with Crippen molar-refractivity contribution in [2.45, 2.75) is 0 Å². The van der Waals surface area contributed by atoms with Crippen molar-refractivity contribution in [2.75, 3.05) is 12.5 Å². The molecule has 0 aromatic rings. The number of alkyl halides is 1. The predicted octanol–water partition coefficient (Wildman–Crippen LogP) is 0.334. The molecule has 0 bridgehead atoms. The van der Waals surface area contributed by atoms with Gasteiger partial charge in [0.25, 0.3) is 0 Å². The highest BCUT2D eigenvalue weighted by molar-refractivity contribution is 7.46. The summed E-state index contributed by atoms with van der Waals surface area (Å²) in [5.74, 6) is 0.0884.